The largest absolute Gasteiger partial charge is 0.381 e. The van der Waals surface area contributed by atoms with E-state index in [-0.39, 0.29) is 5.60 Å². The van der Waals surface area contributed by atoms with Crippen molar-refractivity contribution in [3.05, 3.63) is 0 Å². The maximum Gasteiger partial charge on any atom is 0.0729 e. The van der Waals surface area contributed by atoms with Crippen molar-refractivity contribution in [1.29, 1.82) is 0 Å². The zero-order chi connectivity index (χ0) is 14.7. The quantitative estimate of drug-likeness (QED) is 0.866. The molecule has 2 heterocycles. The zero-order valence-corrected chi connectivity index (χ0v) is 13.9. The molecule has 3 heteroatoms. The van der Waals surface area contributed by atoms with Gasteiger partial charge in [0.1, 0.15) is 0 Å². The Balaban J connectivity index is 1.65. The highest BCUT2D eigenvalue weighted by Gasteiger charge is 2.42. The number of hydrogen-bond acceptors (Lipinski definition) is 3. The minimum Gasteiger partial charge on any atom is -0.381 e. The number of nitrogens with one attached hydrogen (secondary N) is 1. The van der Waals surface area contributed by atoms with Gasteiger partial charge in [-0.3, -0.25) is 0 Å². The monoisotopic (exact) mass is 295 g/mol. The highest BCUT2D eigenvalue weighted by atomic mass is 16.5. The van der Waals surface area contributed by atoms with E-state index in [0.717, 1.165) is 50.4 Å². The van der Waals surface area contributed by atoms with E-state index in [4.69, 9.17) is 9.47 Å². The van der Waals surface area contributed by atoms with Gasteiger partial charge in [-0.2, -0.15) is 0 Å². The van der Waals surface area contributed by atoms with E-state index in [2.05, 4.69) is 19.3 Å². The summed E-state index contributed by atoms with van der Waals surface area (Å²) < 4.78 is 11.8. The molecule has 3 nitrogen and oxygen atoms in total. The van der Waals surface area contributed by atoms with Crippen LogP contribution in [-0.4, -0.2) is 38.5 Å². The Hall–Kier alpha value is -0.120. The van der Waals surface area contributed by atoms with Gasteiger partial charge in [-0.25, -0.2) is 0 Å². The third-order valence-corrected chi connectivity index (χ3v) is 6.26. The Morgan fingerprint density at radius 1 is 1.05 bits per heavy atom. The van der Waals surface area contributed by atoms with Crippen molar-refractivity contribution in [3.63, 3.8) is 0 Å². The van der Waals surface area contributed by atoms with E-state index >= 15 is 0 Å². The summed E-state index contributed by atoms with van der Waals surface area (Å²) in [6, 6.07) is 0.691. The van der Waals surface area contributed by atoms with Gasteiger partial charge in [0.25, 0.3) is 0 Å². The first kappa shape index (κ1) is 15.8. The van der Waals surface area contributed by atoms with Crippen molar-refractivity contribution in [1.82, 2.24) is 5.32 Å². The summed E-state index contributed by atoms with van der Waals surface area (Å²) in [6.07, 6.45) is 10.4. The summed E-state index contributed by atoms with van der Waals surface area (Å²) in [4.78, 5) is 0. The molecule has 3 fully saturated rings. The molecule has 0 amide bonds. The molecule has 0 aromatic carbocycles. The molecular formula is C18H33NO2. The van der Waals surface area contributed by atoms with Crippen LogP contribution in [0.4, 0.5) is 0 Å². The van der Waals surface area contributed by atoms with Crippen molar-refractivity contribution in [2.45, 2.75) is 69.9 Å². The van der Waals surface area contributed by atoms with E-state index in [9.17, 15) is 0 Å². The molecule has 1 spiro atoms. The topological polar surface area (TPSA) is 30.5 Å². The molecule has 0 radical (unpaired) electrons. The van der Waals surface area contributed by atoms with Gasteiger partial charge >= 0.3 is 0 Å². The van der Waals surface area contributed by atoms with E-state index in [0.29, 0.717) is 6.04 Å². The van der Waals surface area contributed by atoms with E-state index in [1.807, 2.05) is 0 Å². The number of rotatable bonds is 3. The fourth-order valence-electron chi connectivity index (χ4n) is 5.13. The third-order valence-electron chi connectivity index (χ3n) is 6.26. The van der Waals surface area contributed by atoms with Gasteiger partial charge in [-0.15, -0.1) is 0 Å². The molecule has 0 bridgehead atoms. The molecule has 3 aliphatic rings. The second kappa shape index (κ2) is 6.97. The third kappa shape index (κ3) is 3.62. The summed E-state index contributed by atoms with van der Waals surface area (Å²) in [5.74, 6) is 2.58. The van der Waals surface area contributed by atoms with Gasteiger partial charge < -0.3 is 14.8 Å². The highest BCUT2D eigenvalue weighted by Crippen LogP contribution is 2.42. The van der Waals surface area contributed by atoms with Crippen LogP contribution in [0, 0.1) is 17.8 Å². The van der Waals surface area contributed by atoms with Crippen molar-refractivity contribution >= 4 is 0 Å². The Morgan fingerprint density at radius 2 is 1.86 bits per heavy atom. The first-order valence-corrected chi connectivity index (χ1v) is 9.11. The summed E-state index contributed by atoms with van der Waals surface area (Å²) in [7, 11) is 2.18. The van der Waals surface area contributed by atoms with Gasteiger partial charge in [0.05, 0.1) is 5.60 Å². The maximum atomic E-state index is 6.23. The van der Waals surface area contributed by atoms with Gasteiger partial charge in [0, 0.05) is 25.9 Å². The predicted octanol–water partition coefficient (Wildman–Crippen LogP) is 3.38. The van der Waals surface area contributed by atoms with Crippen LogP contribution in [0.25, 0.3) is 0 Å². The zero-order valence-electron chi connectivity index (χ0n) is 13.9. The molecule has 4 unspecified atom stereocenters. The fraction of sp³-hybridized carbons (Fsp3) is 1.00. The number of ether oxygens (including phenoxy) is 2. The van der Waals surface area contributed by atoms with E-state index in [1.165, 1.54) is 38.5 Å². The van der Waals surface area contributed by atoms with Gasteiger partial charge in [0.15, 0.2) is 0 Å². The molecule has 2 aliphatic heterocycles. The molecule has 122 valence electrons. The fourth-order valence-corrected chi connectivity index (χ4v) is 5.13. The molecule has 0 aromatic heterocycles. The second-order valence-corrected chi connectivity index (χ2v) is 7.74. The molecule has 1 aliphatic carbocycles. The van der Waals surface area contributed by atoms with Gasteiger partial charge in [-0.05, 0) is 63.3 Å². The summed E-state index contributed by atoms with van der Waals surface area (Å²) in [5.41, 5.74) is 0.135. The van der Waals surface area contributed by atoms with Crippen LogP contribution in [0.5, 0.6) is 0 Å². The minimum atomic E-state index is 0.135. The lowest BCUT2D eigenvalue weighted by Gasteiger charge is -2.47. The molecule has 21 heavy (non-hydrogen) atoms. The molecule has 0 aromatic rings. The highest BCUT2D eigenvalue weighted by molar-refractivity contribution is 4.95. The summed E-state index contributed by atoms with van der Waals surface area (Å²) >= 11 is 0. The normalized spacial score (nSPS) is 38.3. The smallest absolute Gasteiger partial charge is 0.0729 e. The van der Waals surface area contributed by atoms with Crippen LogP contribution in [0.1, 0.15) is 58.3 Å². The van der Waals surface area contributed by atoms with Crippen LogP contribution in [-0.2, 0) is 9.47 Å². The lowest BCUT2D eigenvalue weighted by Crippen LogP contribution is -2.51. The number of hydrogen-bond donors (Lipinski definition) is 1. The van der Waals surface area contributed by atoms with Gasteiger partial charge in [0.2, 0.25) is 0 Å². The maximum absolute atomic E-state index is 6.23. The van der Waals surface area contributed by atoms with Crippen molar-refractivity contribution in [3.8, 4) is 0 Å². The molecule has 1 saturated carbocycles. The molecule has 2 saturated heterocycles. The predicted molar refractivity (Wildman–Crippen MR) is 85.4 cm³/mol. The average molecular weight is 295 g/mol. The standard InChI is InChI=1S/C18H33NO2/c1-14-4-3-5-15(12-14)17(19-2)16-6-9-21-18(13-16)7-10-20-11-8-18/h14-17,19H,3-13H2,1-2H3. The Morgan fingerprint density at radius 3 is 2.57 bits per heavy atom. The van der Waals surface area contributed by atoms with Crippen LogP contribution >= 0.6 is 0 Å². The SMILES string of the molecule is CNC(C1CCCC(C)C1)C1CCOC2(CCOCC2)C1. The van der Waals surface area contributed by atoms with Crippen molar-refractivity contribution in [2.24, 2.45) is 17.8 Å². The second-order valence-electron chi connectivity index (χ2n) is 7.74. The Kier molecular flexibility index (Phi) is 5.23. The molecule has 4 atom stereocenters. The molecule has 1 N–H and O–H groups in total. The lowest BCUT2D eigenvalue weighted by molar-refractivity contribution is -0.152. The van der Waals surface area contributed by atoms with E-state index in [1.54, 1.807) is 0 Å². The lowest BCUT2D eigenvalue weighted by atomic mass is 9.70. The minimum absolute atomic E-state index is 0.135. The first-order chi connectivity index (χ1) is 10.2. The van der Waals surface area contributed by atoms with E-state index < -0.39 is 0 Å². The van der Waals surface area contributed by atoms with Crippen molar-refractivity contribution < 1.29 is 9.47 Å². The Labute approximate surface area is 130 Å². The van der Waals surface area contributed by atoms with Crippen LogP contribution in [0.2, 0.25) is 0 Å². The van der Waals surface area contributed by atoms with Crippen LogP contribution < -0.4 is 5.32 Å². The first-order valence-electron chi connectivity index (χ1n) is 9.11. The molecular weight excluding hydrogens is 262 g/mol. The summed E-state index contributed by atoms with van der Waals surface area (Å²) in [6.45, 7) is 5.16. The summed E-state index contributed by atoms with van der Waals surface area (Å²) in [5, 5.41) is 3.70. The van der Waals surface area contributed by atoms with Crippen LogP contribution in [0.15, 0.2) is 0 Å². The van der Waals surface area contributed by atoms with Gasteiger partial charge in [-0.1, -0.05) is 19.8 Å². The van der Waals surface area contributed by atoms with Crippen LogP contribution in [0.3, 0.4) is 0 Å². The molecule has 3 rings (SSSR count). The average Bonchev–Trinajstić information content (AvgIpc) is 2.49. The Bertz CT molecular complexity index is 322. The van der Waals surface area contributed by atoms with Crippen molar-refractivity contribution in [2.75, 3.05) is 26.9 Å².